The second-order valence-corrected chi connectivity index (χ2v) is 6.12. The average Bonchev–Trinajstić information content (AvgIpc) is 2.87. The largest absolute Gasteiger partial charge is 0.497 e. The van der Waals surface area contributed by atoms with Crippen molar-refractivity contribution in [3.05, 3.63) is 58.7 Å². The van der Waals surface area contributed by atoms with E-state index in [2.05, 4.69) is 4.57 Å². The van der Waals surface area contributed by atoms with Crippen molar-refractivity contribution in [2.24, 2.45) is 0 Å². The van der Waals surface area contributed by atoms with Crippen LogP contribution in [0.25, 0.3) is 16.6 Å². The first-order chi connectivity index (χ1) is 12.1. The maximum atomic E-state index is 12.1. The molecule has 0 atom stereocenters. The zero-order valence-electron chi connectivity index (χ0n) is 14.5. The van der Waals surface area contributed by atoms with Gasteiger partial charge in [0.25, 0.3) is 0 Å². The van der Waals surface area contributed by atoms with E-state index in [-0.39, 0.29) is 12.4 Å². The van der Waals surface area contributed by atoms with E-state index < -0.39 is 0 Å². The number of methoxy groups -OCH3 is 1. The van der Waals surface area contributed by atoms with Gasteiger partial charge in [-0.1, -0.05) is 23.7 Å². The number of carbonyl (C=O) groups excluding carboxylic acids is 1. The van der Waals surface area contributed by atoms with E-state index >= 15 is 0 Å². The molecule has 1 aromatic heterocycles. The number of fused-ring (bicyclic) bond motifs is 1. The summed E-state index contributed by atoms with van der Waals surface area (Å²) in [6, 6.07) is 13.5. The van der Waals surface area contributed by atoms with Gasteiger partial charge in [-0.25, -0.2) is 0 Å². The van der Waals surface area contributed by atoms with Gasteiger partial charge in [-0.3, -0.25) is 4.79 Å². The summed E-state index contributed by atoms with van der Waals surface area (Å²) in [6.07, 6.45) is 0.222. The summed E-state index contributed by atoms with van der Waals surface area (Å²) in [4.78, 5) is 12.1. The molecule has 0 unspecified atom stereocenters. The second kappa shape index (κ2) is 7.19. The van der Waals surface area contributed by atoms with E-state index in [1.165, 1.54) is 0 Å². The molecular formula is C20H20ClNO3. The monoisotopic (exact) mass is 357 g/mol. The van der Waals surface area contributed by atoms with Crippen LogP contribution in [0.1, 0.15) is 18.2 Å². The van der Waals surface area contributed by atoms with Crippen LogP contribution in [0.2, 0.25) is 5.02 Å². The van der Waals surface area contributed by atoms with Gasteiger partial charge in [-0.15, -0.1) is 0 Å². The normalized spacial score (nSPS) is 10.9. The Kier molecular flexibility index (Phi) is 5.00. The van der Waals surface area contributed by atoms with Crippen molar-refractivity contribution >= 4 is 28.5 Å². The third kappa shape index (κ3) is 3.22. The summed E-state index contributed by atoms with van der Waals surface area (Å²) in [6.45, 7) is 4.17. The molecule has 130 valence electrons. The molecule has 1 heterocycles. The Balaban J connectivity index is 2.26. The van der Waals surface area contributed by atoms with Gasteiger partial charge in [-0.2, -0.15) is 0 Å². The zero-order chi connectivity index (χ0) is 18.0. The number of nitrogens with zero attached hydrogens (tertiary/aromatic N) is 1. The van der Waals surface area contributed by atoms with Crippen LogP contribution in [0, 0.1) is 6.92 Å². The summed E-state index contributed by atoms with van der Waals surface area (Å²) in [5.41, 5.74) is 3.72. The number of para-hydroxylation sites is 1. The molecule has 3 rings (SSSR count). The number of esters is 1. The van der Waals surface area contributed by atoms with Crippen molar-refractivity contribution in [1.29, 1.82) is 0 Å². The first-order valence-corrected chi connectivity index (χ1v) is 8.53. The minimum atomic E-state index is -0.236. The van der Waals surface area contributed by atoms with Crippen LogP contribution >= 0.6 is 11.6 Å². The maximum absolute atomic E-state index is 12.1. The molecular weight excluding hydrogens is 338 g/mol. The number of carbonyl (C=O) groups is 1. The number of hydrogen-bond donors (Lipinski definition) is 0. The Morgan fingerprint density at radius 2 is 1.96 bits per heavy atom. The van der Waals surface area contributed by atoms with Crippen LogP contribution in [-0.4, -0.2) is 24.3 Å². The Bertz CT molecular complexity index is 930. The number of halogens is 1. The number of hydrogen-bond acceptors (Lipinski definition) is 3. The molecule has 0 aliphatic heterocycles. The molecule has 4 nitrogen and oxygen atoms in total. The van der Waals surface area contributed by atoms with E-state index in [0.29, 0.717) is 11.6 Å². The standard InChI is InChI=1S/C20H20ClNO3/c1-4-25-20(23)12-16-13(2)22(18-8-6-5-7-17(18)21)19-11-14(24-3)9-10-15(16)19/h5-11H,4,12H2,1-3H3. The zero-order valence-corrected chi connectivity index (χ0v) is 15.3. The summed E-state index contributed by atoms with van der Waals surface area (Å²) < 4.78 is 12.6. The van der Waals surface area contributed by atoms with E-state index in [0.717, 1.165) is 33.6 Å². The van der Waals surface area contributed by atoms with Crippen molar-refractivity contribution in [3.63, 3.8) is 0 Å². The molecule has 3 aromatic rings. The maximum Gasteiger partial charge on any atom is 0.310 e. The third-order valence-corrected chi connectivity index (χ3v) is 4.58. The first kappa shape index (κ1) is 17.4. The molecule has 0 bridgehead atoms. The van der Waals surface area contributed by atoms with Crippen LogP contribution < -0.4 is 4.74 Å². The lowest BCUT2D eigenvalue weighted by Crippen LogP contribution is -2.08. The summed E-state index contributed by atoms with van der Waals surface area (Å²) in [5, 5.41) is 1.64. The van der Waals surface area contributed by atoms with Gasteiger partial charge in [0, 0.05) is 17.1 Å². The molecule has 0 aliphatic rings. The molecule has 5 heteroatoms. The van der Waals surface area contributed by atoms with Gasteiger partial charge < -0.3 is 14.0 Å². The fourth-order valence-corrected chi connectivity index (χ4v) is 3.33. The Labute approximate surface area is 151 Å². The van der Waals surface area contributed by atoms with Crippen LogP contribution in [0.3, 0.4) is 0 Å². The van der Waals surface area contributed by atoms with Gasteiger partial charge in [0.2, 0.25) is 0 Å². The topological polar surface area (TPSA) is 40.5 Å². The van der Waals surface area contributed by atoms with Crippen molar-refractivity contribution < 1.29 is 14.3 Å². The average molecular weight is 358 g/mol. The predicted molar refractivity (Wildman–Crippen MR) is 99.9 cm³/mol. The Morgan fingerprint density at radius 1 is 1.20 bits per heavy atom. The lowest BCUT2D eigenvalue weighted by Gasteiger charge is -2.11. The van der Waals surface area contributed by atoms with E-state index in [9.17, 15) is 4.79 Å². The van der Waals surface area contributed by atoms with Gasteiger partial charge in [0.15, 0.2) is 0 Å². The van der Waals surface area contributed by atoms with Gasteiger partial charge in [0.1, 0.15) is 5.75 Å². The molecule has 0 saturated carbocycles. The van der Waals surface area contributed by atoms with Crippen molar-refractivity contribution in [1.82, 2.24) is 4.57 Å². The van der Waals surface area contributed by atoms with Crippen molar-refractivity contribution in [3.8, 4) is 11.4 Å². The predicted octanol–water partition coefficient (Wildman–Crippen LogP) is 4.71. The number of ether oxygens (including phenoxy) is 2. The van der Waals surface area contributed by atoms with Crippen LogP contribution in [0.4, 0.5) is 0 Å². The molecule has 0 spiro atoms. The van der Waals surface area contributed by atoms with Crippen LogP contribution in [0.15, 0.2) is 42.5 Å². The van der Waals surface area contributed by atoms with Gasteiger partial charge >= 0.3 is 5.97 Å². The van der Waals surface area contributed by atoms with Crippen molar-refractivity contribution in [2.45, 2.75) is 20.3 Å². The number of rotatable bonds is 5. The van der Waals surface area contributed by atoms with Gasteiger partial charge in [0.05, 0.1) is 36.4 Å². The van der Waals surface area contributed by atoms with E-state index in [1.807, 2.05) is 56.3 Å². The molecule has 0 saturated heterocycles. The highest BCUT2D eigenvalue weighted by Crippen LogP contribution is 2.34. The molecule has 0 aliphatic carbocycles. The molecule has 2 aromatic carbocycles. The van der Waals surface area contributed by atoms with Crippen LogP contribution in [0.5, 0.6) is 5.75 Å². The van der Waals surface area contributed by atoms with E-state index in [4.69, 9.17) is 21.1 Å². The molecule has 0 radical (unpaired) electrons. The lowest BCUT2D eigenvalue weighted by atomic mass is 10.1. The van der Waals surface area contributed by atoms with Crippen LogP contribution in [-0.2, 0) is 16.0 Å². The summed E-state index contributed by atoms with van der Waals surface area (Å²) >= 11 is 6.43. The second-order valence-electron chi connectivity index (χ2n) is 5.72. The highest BCUT2D eigenvalue weighted by atomic mass is 35.5. The smallest absolute Gasteiger partial charge is 0.310 e. The van der Waals surface area contributed by atoms with Crippen molar-refractivity contribution in [2.75, 3.05) is 13.7 Å². The molecule has 0 N–H and O–H groups in total. The van der Waals surface area contributed by atoms with E-state index in [1.54, 1.807) is 7.11 Å². The molecule has 0 fully saturated rings. The third-order valence-electron chi connectivity index (χ3n) is 4.26. The minimum Gasteiger partial charge on any atom is -0.497 e. The SMILES string of the molecule is CCOC(=O)Cc1c(C)n(-c2ccccc2Cl)c2cc(OC)ccc12. The molecule has 25 heavy (non-hydrogen) atoms. The fraction of sp³-hybridized carbons (Fsp3) is 0.250. The number of benzene rings is 2. The number of aromatic nitrogens is 1. The first-order valence-electron chi connectivity index (χ1n) is 8.15. The lowest BCUT2D eigenvalue weighted by molar-refractivity contribution is -0.142. The Hall–Kier alpha value is -2.46. The summed E-state index contributed by atoms with van der Waals surface area (Å²) in [7, 11) is 1.64. The highest BCUT2D eigenvalue weighted by Gasteiger charge is 2.19. The Morgan fingerprint density at radius 3 is 2.64 bits per heavy atom. The summed E-state index contributed by atoms with van der Waals surface area (Å²) in [5.74, 6) is 0.514. The minimum absolute atomic E-state index is 0.222. The quantitative estimate of drug-likeness (QED) is 0.621. The highest BCUT2D eigenvalue weighted by molar-refractivity contribution is 6.32. The fourth-order valence-electron chi connectivity index (χ4n) is 3.11. The molecule has 0 amide bonds. The van der Waals surface area contributed by atoms with Gasteiger partial charge in [-0.05, 0) is 43.7 Å².